The van der Waals surface area contributed by atoms with Crippen LogP contribution in [0.2, 0.25) is 0 Å². The van der Waals surface area contributed by atoms with Crippen LogP contribution in [0.4, 0.5) is 0 Å². The van der Waals surface area contributed by atoms with Crippen LogP contribution >= 0.6 is 0 Å². The van der Waals surface area contributed by atoms with Gasteiger partial charge in [-0.25, -0.2) is 4.98 Å². The number of rotatable bonds is 6. The van der Waals surface area contributed by atoms with Crippen LogP contribution in [0.3, 0.4) is 0 Å². The lowest BCUT2D eigenvalue weighted by atomic mass is 10.4. The van der Waals surface area contributed by atoms with Gasteiger partial charge in [0, 0.05) is 13.0 Å². The zero-order valence-corrected chi connectivity index (χ0v) is 9.08. The summed E-state index contributed by atoms with van der Waals surface area (Å²) in [4.78, 5) is 15.2. The number of aryl methyl sites for hydroxylation is 1. The predicted octanol–water partition coefficient (Wildman–Crippen LogP) is 0.890. The summed E-state index contributed by atoms with van der Waals surface area (Å²) in [6, 6.07) is 0. The number of hydrogen-bond acceptors (Lipinski definition) is 4. The minimum Gasteiger partial charge on any atom is -0.444 e. The molecule has 0 unspecified atom stereocenters. The molecular weight excluding hydrogens is 196 g/mol. The highest BCUT2D eigenvalue weighted by Crippen LogP contribution is 2.03. The van der Waals surface area contributed by atoms with Gasteiger partial charge in [-0.2, -0.15) is 0 Å². The Kier molecular flexibility index (Phi) is 4.83. The Hall–Kier alpha value is -1.36. The van der Waals surface area contributed by atoms with E-state index < -0.39 is 0 Å². The first-order valence-corrected chi connectivity index (χ1v) is 5.04. The highest BCUT2D eigenvalue weighted by atomic mass is 16.5. The fourth-order valence-electron chi connectivity index (χ4n) is 1.01. The van der Waals surface area contributed by atoms with Crippen molar-refractivity contribution in [3.8, 4) is 0 Å². The van der Waals surface area contributed by atoms with Crippen LogP contribution in [0.1, 0.15) is 25.5 Å². The van der Waals surface area contributed by atoms with Gasteiger partial charge in [0.25, 0.3) is 0 Å². The normalized spacial score (nSPS) is 10.3. The second kappa shape index (κ2) is 6.19. The summed E-state index contributed by atoms with van der Waals surface area (Å²) in [6.45, 7) is 4.75. The number of carbonyl (C=O) groups excluding carboxylic acids is 1. The lowest BCUT2D eigenvalue weighted by Gasteiger charge is -2.01. The fraction of sp³-hybridized carbons (Fsp3) is 0.600. The van der Waals surface area contributed by atoms with E-state index in [2.05, 4.69) is 10.3 Å². The van der Waals surface area contributed by atoms with E-state index in [0.29, 0.717) is 19.0 Å². The van der Waals surface area contributed by atoms with Crippen LogP contribution in [0.5, 0.6) is 0 Å². The molecule has 0 aliphatic heterocycles. The van der Waals surface area contributed by atoms with Crippen LogP contribution in [0.15, 0.2) is 10.6 Å². The predicted molar refractivity (Wildman–Crippen MR) is 54.2 cm³/mol. The molecule has 0 aliphatic carbocycles. The first-order valence-electron chi connectivity index (χ1n) is 5.04. The monoisotopic (exact) mass is 212 g/mol. The molecule has 0 atom stereocenters. The van der Waals surface area contributed by atoms with E-state index in [1.165, 1.54) is 0 Å². The van der Waals surface area contributed by atoms with Gasteiger partial charge in [-0.15, -0.1) is 0 Å². The standard InChI is InChI=1S/C10H16N2O3/c1-3-8-5-12-10(15-8)6-11-9(13)7-14-4-2/h5H,3-4,6-7H2,1-2H3,(H,11,13). The Bertz CT molecular complexity index is 309. The number of ether oxygens (including phenoxy) is 1. The van der Waals surface area contributed by atoms with Crippen LogP contribution < -0.4 is 5.32 Å². The molecule has 84 valence electrons. The maximum absolute atomic E-state index is 11.1. The Balaban J connectivity index is 2.27. The van der Waals surface area contributed by atoms with Gasteiger partial charge in [-0.1, -0.05) is 6.92 Å². The summed E-state index contributed by atoms with van der Waals surface area (Å²) in [7, 11) is 0. The molecule has 1 aromatic heterocycles. The van der Waals surface area contributed by atoms with Crippen molar-refractivity contribution in [2.45, 2.75) is 26.8 Å². The van der Waals surface area contributed by atoms with Crippen molar-refractivity contribution in [1.82, 2.24) is 10.3 Å². The van der Waals surface area contributed by atoms with E-state index in [9.17, 15) is 4.79 Å². The first-order chi connectivity index (χ1) is 7.26. The fourth-order valence-corrected chi connectivity index (χ4v) is 1.01. The summed E-state index contributed by atoms with van der Waals surface area (Å²) in [6.07, 6.45) is 2.48. The van der Waals surface area contributed by atoms with E-state index in [0.717, 1.165) is 12.2 Å². The van der Waals surface area contributed by atoms with Crippen molar-refractivity contribution >= 4 is 5.91 Å². The number of amides is 1. The molecule has 0 aromatic carbocycles. The molecule has 0 saturated carbocycles. The topological polar surface area (TPSA) is 64.4 Å². The molecule has 5 nitrogen and oxygen atoms in total. The van der Waals surface area contributed by atoms with Gasteiger partial charge in [-0.05, 0) is 6.92 Å². The number of nitrogens with one attached hydrogen (secondary N) is 1. The van der Waals surface area contributed by atoms with Crippen LogP contribution in [-0.4, -0.2) is 24.1 Å². The number of nitrogens with zero attached hydrogens (tertiary/aromatic N) is 1. The molecule has 0 radical (unpaired) electrons. The van der Waals surface area contributed by atoms with Gasteiger partial charge in [0.1, 0.15) is 12.4 Å². The molecular formula is C10H16N2O3. The highest BCUT2D eigenvalue weighted by Gasteiger charge is 2.04. The quantitative estimate of drug-likeness (QED) is 0.760. The Morgan fingerprint density at radius 3 is 3.00 bits per heavy atom. The second-order valence-electron chi connectivity index (χ2n) is 2.99. The molecule has 5 heteroatoms. The Labute approximate surface area is 88.8 Å². The van der Waals surface area contributed by atoms with Crippen LogP contribution in [0, 0.1) is 0 Å². The largest absolute Gasteiger partial charge is 0.444 e. The Morgan fingerprint density at radius 2 is 2.40 bits per heavy atom. The molecule has 0 spiro atoms. The van der Waals surface area contributed by atoms with E-state index >= 15 is 0 Å². The van der Waals surface area contributed by atoms with Gasteiger partial charge >= 0.3 is 0 Å². The van der Waals surface area contributed by atoms with Crippen molar-refractivity contribution in [3.63, 3.8) is 0 Å². The molecule has 0 fully saturated rings. The SMILES string of the molecule is CCOCC(=O)NCc1ncc(CC)o1. The lowest BCUT2D eigenvalue weighted by molar-refractivity contribution is -0.125. The third-order valence-electron chi connectivity index (χ3n) is 1.82. The average Bonchev–Trinajstić information content (AvgIpc) is 2.71. The van der Waals surface area contributed by atoms with Crippen molar-refractivity contribution in [3.05, 3.63) is 17.8 Å². The molecule has 1 heterocycles. The van der Waals surface area contributed by atoms with Crippen LogP contribution in [0.25, 0.3) is 0 Å². The molecule has 1 aromatic rings. The average molecular weight is 212 g/mol. The van der Waals surface area contributed by atoms with Crippen molar-refractivity contribution in [2.24, 2.45) is 0 Å². The van der Waals surface area contributed by atoms with Gasteiger partial charge < -0.3 is 14.5 Å². The van der Waals surface area contributed by atoms with Crippen molar-refractivity contribution in [1.29, 1.82) is 0 Å². The molecule has 1 N–H and O–H groups in total. The number of aromatic nitrogens is 1. The summed E-state index contributed by atoms with van der Waals surface area (Å²) < 4.78 is 10.3. The van der Waals surface area contributed by atoms with E-state index in [4.69, 9.17) is 9.15 Å². The van der Waals surface area contributed by atoms with Gasteiger partial charge in [0.15, 0.2) is 0 Å². The van der Waals surface area contributed by atoms with Crippen molar-refractivity contribution < 1.29 is 13.9 Å². The minimum absolute atomic E-state index is 0.0812. The summed E-state index contributed by atoms with van der Waals surface area (Å²) in [5.41, 5.74) is 0. The molecule has 0 saturated heterocycles. The summed E-state index contributed by atoms with van der Waals surface area (Å²) in [5, 5.41) is 2.65. The maximum Gasteiger partial charge on any atom is 0.246 e. The smallest absolute Gasteiger partial charge is 0.246 e. The van der Waals surface area contributed by atoms with E-state index in [1.807, 2.05) is 13.8 Å². The molecule has 1 rings (SSSR count). The zero-order chi connectivity index (χ0) is 11.1. The van der Waals surface area contributed by atoms with Gasteiger partial charge in [0.2, 0.25) is 11.8 Å². The van der Waals surface area contributed by atoms with E-state index in [1.54, 1.807) is 6.20 Å². The second-order valence-corrected chi connectivity index (χ2v) is 2.99. The Morgan fingerprint density at radius 1 is 1.60 bits per heavy atom. The molecule has 1 amide bonds. The summed E-state index contributed by atoms with van der Waals surface area (Å²) >= 11 is 0. The van der Waals surface area contributed by atoms with Gasteiger partial charge in [-0.3, -0.25) is 4.79 Å². The number of hydrogen-bond donors (Lipinski definition) is 1. The van der Waals surface area contributed by atoms with Gasteiger partial charge in [0.05, 0.1) is 12.7 Å². The maximum atomic E-state index is 11.1. The first kappa shape index (κ1) is 11.7. The van der Waals surface area contributed by atoms with Crippen molar-refractivity contribution in [2.75, 3.05) is 13.2 Å². The zero-order valence-electron chi connectivity index (χ0n) is 9.08. The molecule has 0 aliphatic rings. The third kappa shape index (κ3) is 4.12. The third-order valence-corrected chi connectivity index (χ3v) is 1.82. The highest BCUT2D eigenvalue weighted by molar-refractivity contribution is 5.76. The number of oxazole rings is 1. The minimum atomic E-state index is -0.159. The summed E-state index contributed by atoms with van der Waals surface area (Å²) in [5.74, 6) is 1.19. The van der Waals surface area contributed by atoms with Crippen LogP contribution in [-0.2, 0) is 22.5 Å². The molecule has 0 bridgehead atoms. The van der Waals surface area contributed by atoms with E-state index in [-0.39, 0.29) is 12.5 Å². The number of carbonyl (C=O) groups is 1. The molecule has 15 heavy (non-hydrogen) atoms. The lowest BCUT2D eigenvalue weighted by Crippen LogP contribution is -2.27.